The van der Waals surface area contributed by atoms with Crippen LogP contribution in [-0.2, 0) is 12.4 Å². The molecule has 0 saturated carbocycles. The van der Waals surface area contributed by atoms with Crippen LogP contribution in [0.1, 0.15) is 11.1 Å². The van der Waals surface area contributed by atoms with Crippen molar-refractivity contribution in [3.63, 3.8) is 0 Å². The van der Waals surface area contributed by atoms with Crippen molar-refractivity contribution in [2.45, 2.75) is 12.4 Å². The van der Waals surface area contributed by atoms with Crippen molar-refractivity contribution < 1.29 is 30.7 Å². The number of alkyl halides is 6. The molecule has 0 aromatic heterocycles. The largest absolute Gasteiger partial charge is 0.416 e. The Morgan fingerprint density at radius 2 is 1.00 bits per heavy atom. The molecule has 0 N–H and O–H groups in total. The van der Waals surface area contributed by atoms with Crippen LogP contribution in [0.5, 0.6) is 0 Å². The van der Waals surface area contributed by atoms with Gasteiger partial charge in [0, 0.05) is 0 Å². The second-order valence-corrected chi connectivity index (χ2v) is 4.30. The summed E-state index contributed by atoms with van der Waals surface area (Å²) in [4.78, 5) is 0. The van der Waals surface area contributed by atoms with Crippen molar-refractivity contribution in [3.05, 3.63) is 59.4 Å². The average Bonchev–Trinajstić information content (AvgIpc) is 2.37. The van der Waals surface area contributed by atoms with Crippen LogP contribution >= 0.6 is 0 Å². The minimum Gasteiger partial charge on any atom is -0.207 e. The van der Waals surface area contributed by atoms with Crippen molar-refractivity contribution >= 4 is 0 Å². The average molecular weight is 308 g/mol. The summed E-state index contributed by atoms with van der Waals surface area (Å²) in [6.45, 7) is 0. The number of halogens is 7. The van der Waals surface area contributed by atoms with Gasteiger partial charge in [-0.05, 0) is 41.5 Å². The molecule has 0 aliphatic heterocycles. The molecule has 0 amide bonds. The third-order valence-corrected chi connectivity index (χ3v) is 2.77. The summed E-state index contributed by atoms with van der Waals surface area (Å²) in [7, 11) is 0. The lowest BCUT2D eigenvalue weighted by atomic mass is 9.99. The van der Waals surface area contributed by atoms with Gasteiger partial charge in [0.2, 0.25) is 0 Å². The first-order valence-electron chi connectivity index (χ1n) is 5.63. The second kappa shape index (κ2) is 5.05. The molecule has 0 unspecified atom stereocenters. The Bertz CT molecular complexity index is 604. The molecule has 0 aliphatic carbocycles. The molecule has 2 rings (SSSR count). The van der Waals surface area contributed by atoms with Gasteiger partial charge >= 0.3 is 12.4 Å². The summed E-state index contributed by atoms with van der Waals surface area (Å²) in [5.41, 5.74) is -3.03. The quantitative estimate of drug-likeness (QED) is 0.608. The Morgan fingerprint density at radius 1 is 0.571 bits per heavy atom. The molecule has 0 fully saturated rings. The topological polar surface area (TPSA) is 0 Å². The highest BCUT2D eigenvalue weighted by Crippen LogP contribution is 2.38. The first kappa shape index (κ1) is 15.3. The van der Waals surface area contributed by atoms with Crippen LogP contribution in [0.15, 0.2) is 42.5 Å². The van der Waals surface area contributed by atoms with E-state index >= 15 is 0 Å². The van der Waals surface area contributed by atoms with Crippen LogP contribution in [0, 0.1) is 5.82 Å². The minimum absolute atomic E-state index is 0.0486. The third kappa shape index (κ3) is 3.53. The van der Waals surface area contributed by atoms with Crippen LogP contribution in [-0.4, -0.2) is 0 Å². The summed E-state index contributed by atoms with van der Waals surface area (Å²) in [6, 6.07) is 5.40. The number of hydrogen-bond acceptors (Lipinski definition) is 0. The highest BCUT2D eigenvalue weighted by Gasteiger charge is 2.36. The standard InChI is InChI=1S/C14H7F7/c15-12-3-1-8(2-4-12)9-5-10(13(16,17)18)7-11(6-9)14(19,20)21/h1-7H. The molecule has 0 heterocycles. The lowest BCUT2D eigenvalue weighted by Crippen LogP contribution is -2.11. The summed E-state index contributed by atoms with van der Waals surface area (Å²) in [6.07, 6.45) is -9.81. The van der Waals surface area contributed by atoms with E-state index in [1.807, 2.05) is 0 Å². The molecular weight excluding hydrogens is 301 g/mol. The molecule has 0 saturated heterocycles. The molecule has 2 aromatic carbocycles. The van der Waals surface area contributed by atoms with Crippen molar-refractivity contribution in [1.29, 1.82) is 0 Å². The van der Waals surface area contributed by atoms with Crippen LogP contribution in [0.3, 0.4) is 0 Å². The zero-order valence-electron chi connectivity index (χ0n) is 10.2. The van der Waals surface area contributed by atoms with Crippen LogP contribution in [0.4, 0.5) is 30.7 Å². The fraction of sp³-hybridized carbons (Fsp3) is 0.143. The van der Waals surface area contributed by atoms with Crippen molar-refractivity contribution in [2.75, 3.05) is 0 Å². The number of rotatable bonds is 1. The molecule has 0 spiro atoms. The maximum Gasteiger partial charge on any atom is 0.416 e. The van der Waals surface area contributed by atoms with E-state index < -0.39 is 29.3 Å². The predicted octanol–water partition coefficient (Wildman–Crippen LogP) is 5.53. The molecule has 112 valence electrons. The van der Waals surface area contributed by atoms with Crippen LogP contribution in [0.2, 0.25) is 0 Å². The smallest absolute Gasteiger partial charge is 0.207 e. The van der Waals surface area contributed by atoms with Gasteiger partial charge in [-0.1, -0.05) is 12.1 Å². The molecule has 2 aromatic rings. The van der Waals surface area contributed by atoms with E-state index in [0.29, 0.717) is 12.1 Å². The van der Waals surface area contributed by atoms with Crippen molar-refractivity contribution in [1.82, 2.24) is 0 Å². The zero-order valence-corrected chi connectivity index (χ0v) is 10.2. The van der Waals surface area contributed by atoms with Gasteiger partial charge in [0.05, 0.1) is 11.1 Å². The molecule has 0 aliphatic rings. The fourth-order valence-electron chi connectivity index (χ4n) is 1.76. The van der Waals surface area contributed by atoms with Gasteiger partial charge in [-0.25, -0.2) is 4.39 Å². The van der Waals surface area contributed by atoms with E-state index in [2.05, 4.69) is 0 Å². The highest BCUT2D eigenvalue weighted by atomic mass is 19.4. The maximum atomic E-state index is 12.8. The Morgan fingerprint density at radius 3 is 1.38 bits per heavy atom. The van der Waals surface area contributed by atoms with Gasteiger partial charge in [-0.15, -0.1) is 0 Å². The van der Waals surface area contributed by atoms with Gasteiger partial charge in [-0.3, -0.25) is 0 Å². The first-order chi connectivity index (χ1) is 9.57. The van der Waals surface area contributed by atoms with E-state index in [-0.39, 0.29) is 17.2 Å². The summed E-state index contributed by atoms with van der Waals surface area (Å²) >= 11 is 0. The van der Waals surface area contributed by atoms with E-state index in [4.69, 9.17) is 0 Å². The maximum absolute atomic E-state index is 12.8. The Hall–Kier alpha value is -2.05. The summed E-state index contributed by atoms with van der Waals surface area (Å²) in [5.74, 6) is -0.637. The highest BCUT2D eigenvalue weighted by molar-refractivity contribution is 5.65. The summed E-state index contributed by atoms with van der Waals surface area (Å²) in [5, 5.41) is 0. The lowest BCUT2D eigenvalue weighted by Gasteiger charge is -2.14. The lowest BCUT2D eigenvalue weighted by molar-refractivity contribution is -0.143. The monoisotopic (exact) mass is 308 g/mol. The number of hydrogen-bond donors (Lipinski definition) is 0. The Balaban J connectivity index is 2.63. The minimum atomic E-state index is -4.91. The predicted molar refractivity (Wildman–Crippen MR) is 61.8 cm³/mol. The summed E-state index contributed by atoms with van der Waals surface area (Å²) < 4.78 is 88.9. The number of benzene rings is 2. The van der Waals surface area contributed by atoms with Gasteiger partial charge < -0.3 is 0 Å². The normalized spacial score (nSPS) is 12.5. The Kier molecular flexibility index (Phi) is 3.69. The second-order valence-electron chi connectivity index (χ2n) is 4.30. The fourth-order valence-corrected chi connectivity index (χ4v) is 1.76. The first-order valence-corrected chi connectivity index (χ1v) is 5.63. The molecule has 0 bridgehead atoms. The molecule has 7 heteroatoms. The van der Waals surface area contributed by atoms with Crippen LogP contribution < -0.4 is 0 Å². The van der Waals surface area contributed by atoms with Gasteiger partial charge in [0.15, 0.2) is 0 Å². The van der Waals surface area contributed by atoms with E-state index in [1.165, 1.54) is 0 Å². The molecule has 0 nitrogen and oxygen atoms in total. The van der Waals surface area contributed by atoms with Gasteiger partial charge in [0.1, 0.15) is 5.82 Å². The van der Waals surface area contributed by atoms with E-state index in [9.17, 15) is 30.7 Å². The van der Waals surface area contributed by atoms with E-state index in [1.54, 1.807) is 0 Å². The molecule has 21 heavy (non-hydrogen) atoms. The zero-order chi connectivity index (χ0) is 15.8. The van der Waals surface area contributed by atoms with Crippen LogP contribution in [0.25, 0.3) is 11.1 Å². The van der Waals surface area contributed by atoms with Crippen molar-refractivity contribution in [2.24, 2.45) is 0 Å². The Labute approximate surface area is 114 Å². The SMILES string of the molecule is Fc1ccc(-c2cc(C(F)(F)F)cc(C(F)(F)F)c2)cc1. The van der Waals surface area contributed by atoms with Crippen molar-refractivity contribution in [3.8, 4) is 11.1 Å². The van der Waals surface area contributed by atoms with Gasteiger partial charge in [0.25, 0.3) is 0 Å². The third-order valence-electron chi connectivity index (χ3n) is 2.77. The molecular formula is C14H7F7. The van der Waals surface area contributed by atoms with E-state index in [0.717, 1.165) is 24.3 Å². The molecule has 0 atom stereocenters. The van der Waals surface area contributed by atoms with Gasteiger partial charge in [-0.2, -0.15) is 26.3 Å². The molecule has 0 radical (unpaired) electrons.